The molecule has 0 spiro atoms. The molecule has 2 heterocycles. The summed E-state index contributed by atoms with van der Waals surface area (Å²) in [4.78, 5) is 16.2. The van der Waals surface area contributed by atoms with Crippen LogP contribution in [0.15, 0.2) is 48.7 Å². The predicted octanol–water partition coefficient (Wildman–Crippen LogP) is 2.66. The van der Waals surface area contributed by atoms with Gasteiger partial charge in [0.1, 0.15) is 11.3 Å². The summed E-state index contributed by atoms with van der Waals surface area (Å²) in [5, 5.41) is 8.82. The predicted molar refractivity (Wildman–Crippen MR) is 76.7 cm³/mol. The molecule has 0 bridgehead atoms. The third kappa shape index (κ3) is 2.23. The van der Waals surface area contributed by atoms with Crippen molar-refractivity contribution in [2.75, 3.05) is 7.11 Å². The molecule has 0 aliphatic carbocycles. The van der Waals surface area contributed by atoms with E-state index in [4.69, 9.17) is 10.00 Å². The summed E-state index contributed by atoms with van der Waals surface area (Å²) in [6.07, 6.45) is 1.78. The van der Waals surface area contributed by atoms with Crippen LogP contribution in [0.25, 0.3) is 16.9 Å². The summed E-state index contributed by atoms with van der Waals surface area (Å²) in [6, 6.07) is 14.5. The van der Waals surface area contributed by atoms with Gasteiger partial charge in [0.15, 0.2) is 0 Å². The molecular formula is C16H11N3O2. The number of carbonyl (C=O) groups is 1. The molecule has 5 nitrogen and oxygen atoms in total. The van der Waals surface area contributed by atoms with E-state index in [-0.39, 0.29) is 0 Å². The minimum absolute atomic E-state index is 0.413. The molecule has 0 amide bonds. The van der Waals surface area contributed by atoms with E-state index in [1.807, 2.05) is 18.2 Å². The van der Waals surface area contributed by atoms with Crippen molar-refractivity contribution in [2.24, 2.45) is 0 Å². The van der Waals surface area contributed by atoms with Crippen LogP contribution in [0.4, 0.5) is 0 Å². The molecule has 0 unspecified atom stereocenters. The van der Waals surface area contributed by atoms with Gasteiger partial charge in [-0.25, -0.2) is 9.78 Å². The number of rotatable bonds is 2. The van der Waals surface area contributed by atoms with Crippen LogP contribution in [-0.2, 0) is 4.74 Å². The number of pyridine rings is 1. The normalized spacial score (nSPS) is 10.3. The summed E-state index contributed by atoms with van der Waals surface area (Å²) in [6.45, 7) is 0. The number of ether oxygens (including phenoxy) is 1. The van der Waals surface area contributed by atoms with Crippen LogP contribution >= 0.6 is 0 Å². The number of carbonyl (C=O) groups excluding carboxylic acids is 1. The van der Waals surface area contributed by atoms with Gasteiger partial charge in [-0.1, -0.05) is 18.2 Å². The van der Waals surface area contributed by atoms with Crippen molar-refractivity contribution in [1.29, 1.82) is 5.26 Å². The second-order valence-corrected chi connectivity index (χ2v) is 4.45. The molecule has 3 aromatic rings. The molecule has 0 radical (unpaired) electrons. The number of nitrogens with zero attached hydrogens (tertiary/aromatic N) is 3. The molecule has 0 aliphatic rings. The molecule has 0 saturated heterocycles. The largest absolute Gasteiger partial charge is 0.464 e. The van der Waals surface area contributed by atoms with Gasteiger partial charge in [0.25, 0.3) is 0 Å². The van der Waals surface area contributed by atoms with E-state index >= 15 is 0 Å². The van der Waals surface area contributed by atoms with Gasteiger partial charge < -0.3 is 4.74 Å². The van der Waals surface area contributed by atoms with E-state index in [9.17, 15) is 4.79 Å². The summed E-state index contributed by atoms with van der Waals surface area (Å²) in [7, 11) is 1.35. The highest BCUT2D eigenvalue weighted by atomic mass is 16.5. The zero-order valence-corrected chi connectivity index (χ0v) is 11.3. The molecule has 0 fully saturated rings. The highest BCUT2D eigenvalue weighted by Gasteiger charge is 2.12. The third-order valence-electron chi connectivity index (χ3n) is 3.20. The summed E-state index contributed by atoms with van der Waals surface area (Å²) in [5.41, 5.74) is 3.29. The minimum Gasteiger partial charge on any atom is -0.464 e. The van der Waals surface area contributed by atoms with Crippen molar-refractivity contribution in [2.45, 2.75) is 0 Å². The topological polar surface area (TPSA) is 67.4 Å². The average Bonchev–Trinajstić information content (AvgIpc) is 2.98. The lowest BCUT2D eigenvalue weighted by Gasteiger charge is -2.01. The molecule has 0 N–H and O–H groups in total. The third-order valence-corrected chi connectivity index (χ3v) is 3.20. The molecular weight excluding hydrogens is 266 g/mol. The first-order valence-electron chi connectivity index (χ1n) is 6.30. The number of hydrogen-bond acceptors (Lipinski definition) is 4. The van der Waals surface area contributed by atoms with Crippen LogP contribution in [0.1, 0.15) is 16.1 Å². The van der Waals surface area contributed by atoms with Crippen molar-refractivity contribution >= 4 is 11.6 Å². The Bertz CT molecular complexity index is 857. The number of methoxy groups -OCH3 is 1. The van der Waals surface area contributed by atoms with Crippen LogP contribution in [0.5, 0.6) is 0 Å². The highest BCUT2D eigenvalue weighted by Crippen LogP contribution is 2.21. The Morgan fingerprint density at radius 1 is 1.24 bits per heavy atom. The number of aromatic nitrogens is 2. The summed E-state index contributed by atoms with van der Waals surface area (Å²) in [5.74, 6) is -0.413. The number of imidazole rings is 1. The standard InChI is InChI=1S/C16H11N3O2/c1-21-16(20)14-3-2-4-15-18-13(10-19(14)15)12-7-5-11(9-17)6-8-12/h2-8,10H,1H3. The second kappa shape index (κ2) is 5.10. The SMILES string of the molecule is COC(=O)c1cccc2nc(-c3ccc(C#N)cc3)cn12. The maximum absolute atomic E-state index is 11.7. The van der Waals surface area contributed by atoms with E-state index in [0.29, 0.717) is 16.9 Å². The number of nitriles is 1. The minimum atomic E-state index is -0.413. The first-order valence-corrected chi connectivity index (χ1v) is 6.30. The fraction of sp³-hybridized carbons (Fsp3) is 0.0625. The van der Waals surface area contributed by atoms with Gasteiger partial charge in [0.05, 0.1) is 24.4 Å². The molecule has 0 saturated carbocycles. The van der Waals surface area contributed by atoms with E-state index in [1.165, 1.54) is 7.11 Å². The van der Waals surface area contributed by atoms with Gasteiger partial charge in [-0.2, -0.15) is 5.26 Å². The van der Waals surface area contributed by atoms with E-state index in [2.05, 4.69) is 11.1 Å². The lowest BCUT2D eigenvalue weighted by atomic mass is 10.1. The van der Waals surface area contributed by atoms with Gasteiger partial charge >= 0.3 is 5.97 Å². The maximum atomic E-state index is 11.7. The Labute approximate surface area is 121 Å². The molecule has 0 aliphatic heterocycles. The smallest absolute Gasteiger partial charge is 0.355 e. The number of fused-ring (bicyclic) bond motifs is 1. The van der Waals surface area contributed by atoms with Crippen LogP contribution in [0.2, 0.25) is 0 Å². The Hall–Kier alpha value is -3.13. The van der Waals surface area contributed by atoms with Gasteiger partial charge in [0.2, 0.25) is 0 Å². The van der Waals surface area contributed by atoms with E-state index in [1.54, 1.807) is 34.9 Å². The van der Waals surface area contributed by atoms with Gasteiger partial charge in [0, 0.05) is 11.8 Å². The van der Waals surface area contributed by atoms with Crippen molar-refractivity contribution in [3.05, 3.63) is 59.9 Å². The van der Waals surface area contributed by atoms with Crippen molar-refractivity contribution in [3.8, 4) is 17.3 Å². The molecule has 1 aromatic carbocycles. The van der Waals surface area contributed by atoms with Crippen LogP contribution < -0.4 is 0 Å². The number of esters is 1. The Balaban J connectivity index is 2.12. The average molecular weight is 277 g/mol. The second-order valence-electron chi connectivity index (χ2n) is 4.45. The van der Waals surface area contributed by atoms with Crippen molar-refractivity contribution in [1.82, 2.24) is 9.38 Å². The quantitative estimate of drug-likeness (QED) is 0.675. The molecule has 0 atom stereocenters. The lowest BCUT2D eigenvalue weighted by Crippen LogP contribution is -2.06. The van der Waals surface area contributed by atoms with E-state index in [0.717, 1.165) is 11.3 Å². The Kier molecular flexibility index (Phi) is 3.13. The Morgan fingerprint density at radius 3 is 2.67 bits per heavy atom. The van der Waals surface area contributed by atoms with Crippen LogP contribution in [-0.4, -0.2) is 22.5 Å². The fourth-order valence-electron chi connectivity index (χ4n) is 2.14. The monoisotopic (exact) mass is 277 g/mol. The Morgan fingerprint density at radius 2 is 2.00 bits per heavy atom. The highest BCUT2D eigenvalue weighted by molar-refractivity contribution is 5.88. The zero-order chi connectivity index (χ0) is 14.8. The van der Waals surface area contributed by atoms with Crippen molar-refractivity contribution < 1.29 is 9.53 Å². The van der Waals surface area contributed by atoms with Crippen LogP contribution in [0, 0.1) is 11.3 Å². The molecule has 5 heteroatoms. The van der Waals surface area contributed by atoms with E-state index < -0.39 is 5.97 Å². The summed E-state index contributed by atoms with van der Waals surface area (Å²) >= 11 is 0. The first kappa shape index (κ1) is 12.9. The van der Waals surface area contributed by atoms with Gasteiger partial charge in [-0.05, 0) is 24.3 Å². The first-order chi connectivity index (χ1) is 10.2. The molecule has 21 heavy (non-hydrogen) atoms. The lowest BCUT2D eigenvalue weighted by molar-refractivity contribution is 0.0592. The number of benzene rings is 1. The molecule has 2 aromatic heterocycles. The molecule has 102 valence electrons. The number of hydrogen-bond donors (Lipinski definition) is 0. The zero-order valence-electron chi connectivity index (χ0n) is 11.3. The van der Waals surface area contributed by atoms with Crippen LogP contribution in [0.3, 0.4) is 0 Å². The molecule has 3 rings (SSSR count). The maximum Gasteiger partial charge on any atom is 0.355 e. The summed E-state index contributed by atoms with van der Waals surface area (Å²) < 4.78 is 6.46. The van der Waals surface area contributed by atoms with Crippen molar-refractivity contribution in [3.63, 3.8) is 0 Å². The van der Waals surface area contributed by atoms with Gasteiger partial charge in [-0.3, -0.25) is 4.40 Å². The van der Waals surface area contributed by atoms with Gasteiger partial charge in [-0.15, -0.1) is 0 Å². The fourth-order valence-corrected chi connectivity index (χ4v) is 2.14.